The Balaban J connectivity index is 2.52. The average Bonchev–Trinajstić information content (AvgIpc) is 2.65. The highest BCUT2D eigenvalue weighted by atomic mass is 16.5. The van der Waals surface area contributed by atoms with E-state index in [-0.39, 0.29) is 12.5 Å². The van der Waals surface area contributed by atoms with Crippen LogP contribution >= 0.6 is 0 Å². The van der Waals surface area contributed by atoms with Gasteiger partial charge in [-0.25, -0.2) is 0 Å². The summed E-state index contributed by atoms with van der Waals surface area (Å²) in [6, 6.07) is 8.42. The Kier molecular flexibility index (Phi) is 7.79. The predicted octanol–water partition coefficient (Wildman–Crippen LogP) is 1.41. The van der Waals surface area contributed by atoms with Gasteiger partial charge in [-0.1, -0.05) is 13.8 Å². The highest BCUT2D eigenvalue weighted by Crippen LogP contribution is 2.15. The van der Waals surface area contributed by atoms with Gasteiger partial charge in [0.25, 0.3) is 11.8 Å². The fourth-order valence-corrected chi connectivity index (χ4v) is 1.95. The first-order valence-corrected chi connectivity index (χ1v) is 8.48. The Morgan fingerprint density at radius 3 is 2.26 bits per heavy atom. The number of hydrogen-bond acceptors (Lipinski definition) is 6. The maximum atomic E-state index is 12.1. The molecule has 2 N–H and O–H groups in total. The number of benzene rings is 1. The molecule has 2 atom stereocenters. The number of ether oxygens (including phenoxy) is 2. The van der Waals surface area contributed by atoms with Gasteiger partial charge in [-0.05, 0) is 44.0 Å². The second kappa shape index (κ2) is 9.57. The maximum absolute atomic E-state index is 12.1. The van der Waals surface area contributed by atoms with Crippen molar-refractivity contribution in [2.45, 2.75) is 39.3 Å². The number of esters is 1. The van der Waals surface area contributed by atoms with E-state index in [2.05, 4.69) is 10.6 Å². The lowest BCUT2D eigenvalue weighted by atomic mass is 9.90. The lowest BCUT2D eigenvalue weighted by Crippen LogP contribution is -2.52. The van der Waals surface area contributed by atoms with Crippen LogP contribution in [0.3, 0.4) is 0 Å². The first-order chi connectivity index (χ1) is 12.6. The molecule has 0 radical (unpaired) electrons. The van der Waals surface area contributed by atoms with Crippen molar-refractivity contribution in [2.75, 3.05) is 13.7 Å². The van der Waals surface area contributed by atoms with Crippen LogP contribution in [0.5, 0.6) is 5.75 Å². The first-order valence-electron chi connectivity index (χ1n) is 8.48. The van der Waals surface area contributed by atoms with Gasteiger partial charge in [0.2, 0.25) is 0 Å². The molecule has 27 heavy (non-hydrogen) atoms. The summed E-state index contributed by atoms with van der Waals surface area (Å²) in [7, 11) is 1.52. The molecule has 8 nitrogen and oxygen atoms in total. The summed E-state index contributed by atoms with van der Waals surface area (Å²) in [5.74, 6) is -1.32. The second-order valence-electron chi connectivity index (χ2n) is 6.50. The molecule has 146 valence electrons. The van der Waals surface area contributed by atoms with E-state index in [1.165, 1.54) is 14.0 Å². The van der Waals surface area contributed by atoms with Crippen molar-refractivity contribution in [1.82, 2.24) is 10.6 Å². The largest absolute Gasteiger partial charge is 0.497 e. The van der Waals surface area contributed by atoms with Crippen LogP contribution < -0.4 is 15.4 Å². The van der Waals surface area contributed by atoms with Crippen molar-refractivity contribution in [3.8, 4) is 11.8 Å². The van der Waals surface area contributed by atoms with Crippen LogP contribution in [0.25, 0.3) is 0 Å². The summed E-state index contributed by atoms with van der Waals surface area (Å²) in [4.78, 5) is 36.0. The number of nitrogens with zero attached hydrogens (tertiary/aromatic N) is 1. The molecule has 0 saturated heterocycles. The molecule has 2 amide bonds. The number of carbonyl (C=O) groups excluding carboxylic acids is 3. The van der Waals surface area contributed by atoms with Crippen molar-refractivity contribution in [3.05, 3.63) is 29.8 Å². The quantitative estimate of drug-likeness (QED) is 0.664. The third-order valence-electron chi connectivity index (χ3n) is 4.19. The van der Waals surface area contributed by atoms with Crippen molar-refractivity contribution in [3.63, 3.8) is 0 Å². The van der Waals surface area contributed by atoms with Crippen LogP contribution in [-0.4, -0.2) is 43.1 Å². The van der Waals surface area contributed by atoms with Crippen molar-refractivity contribution in [1.29, 1.82) is 5.26 Å². The summed E-state index contributed by atoms with van der Waals surface area (Å²) in [6.45, 7) is 6.21. The van der Waals surface area contributed by atoms with Crippen LogP contribution in [0, 0.1) is 17.2 Å². The van der Waals surface area contributed by atoms with Crippen molar-refractivity contribution < 1.29 is 23.9 Å². The molecule has 0 unspecified atom stereocenters. The van der Waals surface area contributed by atoms with Crippen molar-refractivity contribution >= 4 is 17.8 Å². The van der Waals surface area contributed by atoms with Crippen molar-refractivity contribution in [2.24, 2.45) is 5.92 Å². The minimum Gasteiger partial charge on any atom is -0.497 e. The molecule has 0 aromatic heterocycles. The van der Waals surface area contributed by atoms with E-state index in [4.69, 9.17) is 9.47 Å². The Labute approximate surface area is 158 Å². The highest BCUT2D eigenvalue weighted by molar-refractivity contribution is 5.96. The third kappa shape index (κ3) is 6.29. The van der Waals surface area contributed by atoms with E-state index in [1.54, 1.807) is 45.0 Å². The fourth-order valence-electron chi connectivity index (χ4n) is 1.95. The van der Waals surface area contributed by atoms with Gasteiger partial charge in [-0.2, -0.15) is 5.26 Å². The van der Waals surface area contributed by atoms with Crippen LogP contribution in [0.2, 0.25) is 0 Å². The van der Waals surface area contributed by atoms with E-state index < -0.39 is 29.4 Å². The summed E-state index contributed by atoms with van der Waals surface area (Å²) in [5.41, 5.74) is -0.712. The monoisotopic (exact) mass is 375 g/mol. The van der Waals surface area contributed by atoms with Gasteiger partial charge < -0.3 is 20.1 Å². The summed E-state index contributed by atoms with van der Waals surface area (Å²) >= 11 is 0. The van der Waals surface area contributed by atoms with Gasteiger partial charge in [0.15, 0.2) is 6.10 Å². The Bertz CT molecular complexity index is 724. The van der Waals surface area contributed by atoms with E-state index in [9.17, 15) is 19.6 Å². The molecule has 0 aliphatic carbocycles. The zero-order chi connectivity index (χ0) is 20.6. The molecule has 0 spiro atoms. The van der Waals surface area contributed by atoms with Gasteiger partial charge in [-0.15, -0.1) is 0 Å². The predicted molar refractivity (Wildman–Crippen MR) is 97.9 cm³/mol. The van der Waals surface area contributed by atoms with E-state index >= 15 is 0 Å². The SMILES string of the molecule is COc1ccc(C(=O)NCC(=O)O[C@H](C)C(=O)N[C@](C)(C#N)C(C)C)cc1. The molecule has 0 heterocycles. The van der Waals surface area contributed by atoms with E-state index in [1.807, 2.05) is 6.07 Å². The van der Waals surface area contributed by atoms with Gasteiger partial charge in [0.05, 0.1) is 13.2 Å². The second-order valence-corrected chi connectivity index (χ2v) is 6.50. The van der Waals surface area contributed by atoms with Crippen LogP contribution in [0.15, 0.2) is 24.3 Å². The third-order valence-corrected chi connectivity index (χ3v) is 4.19. The van der Waals surface area contributed by atoms with Gasteiger partial charge in [0.1, 0.15) is 17.8 Å². The smallest absolute Gasteiger partial charge is 0.326 e. The summed E-state index contributed by atoms with van der Waals surface area (Å²) < 4.78 is 10.0. The van der Waals surface area contributed by atoms with E-state index in [0.717, 1.165) is 0 Å². The molecule has 1 aromatic rings. The molecule has 1 aromatic carbocycles. The van der Waals surface area contributed by atoms with Crippen LogP contribution in [0.4, 0.5) is 0 Å². The Hall–Kier alpha value is -3.08. The minimum atomic E-state index is -1.10. The van der Waals surface area contributed by atoms with Crippen LogP contribution in [0.1, 0.15) is 38.1 Å². The summed E-state index contributed by atoms with van der Waals surface area (Å²) in [5, 5.41) is 14.2. The molecule has 1 rings (SSSR count). The van der Waals surface area contributed by atoms with Gasteiger partial charge in [0, 0.05) is 5.56 Å². The molecule has 8 heteroatoms. The number of methoxy groups -OCH3 is 1. The number of nitrogens with one attached hydrogen (secondary N) is 2. The molecular formula is C19H25N3O5. The molecule has 0 saturated carbocycles. The maximum Gasteiger partial charge on any atom is 0.326 e. The normalized spacial score (nSPS) is 13.7. The van der Waals surface area contributed by atoms with Gasteiger partial charge in [-0.3, -0.25) is 14.4 Å². The zero-order valence-electron chi connectivity index (χ0n) is 16.2. The molecular weight excluding hydrogens is 350 g/mol. The average molecular weight is 375 g/mol. The number of hydrogen-bond donors (Lipinski definition) is 2. The fraction of sp³-hybridized carbons (Fsp3) is 0.474. The first kappa shape index (κ1) is 22.0. The highest BCUT2D eigenvalue weighted by Gasteiger charge is 2.32. The Morgan fingerprint density at radius 1 is 1.19 bits per heavy atom. The number of rotatable bonds is 8. The van der Waals surface area contributed by atoms with Gasteiger partial charge >= 0.3 is 5.97 Å². The topological polar surface area (TPSA) is 118 Å². The molecule has 0 bridgehead atoms. The molecule has 0 aliphatic rings. The summed E-state index contributed by atoms with van der Waals surface area (Å²) in [6.07, 6.45) is -1.10. The standard InChI is InChI=1S/C19H25N3O5/c1-12(2)19(4,11-20)22-17(24)13(3)27-16(23)10-21-18(25)14-6-8-15(26-5)9-7-14/h6-9,12-13H,10H2,1-5H3,(H,21,25)(H,22,24)/t13-,19-/m1/s1. The lowest BCUT2D eigenvalue weighted by molar-refractivity contribution is -0.154. The van der Waals surface area contributed by atoms with E-state index in [0.29, 0.717) is 11.3 Å². The van der Waals surface area contributed by atoms with Crippen LogP contribution in [-0.2, 0) is 14.3 Å². The molecule has 0 aliphatic heterocycles. The zero-order valence-corrected chi connectivity index (χ0v) is 16.2. The Morgan fingerprint density at radius 2 is 1.78 bits per heavy atom. The number of carbonyl (C=O) groups is 3. The number of amides is 2. The minimum absolute atomic E-state index is 0.127. The molecule has 0 fully saturated rings. The lowest BCUT2D eigenvalue weighted by Gasteiger charge is -2.28. The number of nitriles is 1.